The van der Waals surface area contributed by atoms with Gasteiger partial charge in [-0.1, -0.05) is 18.2 Å². The van der Waals surface area contributed by atoms with E-state index in [-0.39, 0.29) is 30.3 Å². The smallest absolute Gasteiger partial charge is 0.273 e. The quantitative estimate of drug-likeness (QED) is 0.649. The van der Waals surface area contributed by atoms with Crippen molar-refractivity contribution < 1.29 is 9.59 Å². The first-order valence-electron chi connectivity index (χ1n) is 8.90. The Balaban J connectivity index is 0.00000196. The summed E-state index contributed by atoms with van der Waals surface area (Å²) in [4.78, 5) is 24.9. The van der Waals surface area contributed by atoms with Crippen LogP contribution in [0.5, 0.6) is 0 Å². The van der Waals surface area contributed by atoms with Crippen molar-refractivity contribution in [2.75, 3.05) is 0 Å². The van der Waals surface area contributed by atoms with Crippen molar-refractivity contribution >= 4 is 35.1 Å². The summed E-state index contributed by atoms with van der Waals surface area (Å²) in [5, 5.41) is 17.1. The van der Waals surface area contributed by atoms with Crippen molar-refractivity contribution in [3.63, 3.8) is 0 Å². The van der Waals surface area contributed by atoms with Crippen LogP contribution in [0.2, 0.25) is 0 Å². The van der Waals surface area contributed by atoms with Gasteiger partial charge < -0.3 is 16.0 Å². The molecule has 3 heterocycles. The summed E-state index contributed by atoms with van der Waals surface area (Å²) < 4.78 is 0. The van der Waals surface area contributed by atoms with Gasteiger partial charge in [0.1, 0.15) is 6.04 Å². The Hall–Kier alpha value is -2.12. The maximum atomic E-state index is 12.5. The van der Waals surface area contributed by atoms with E-state index in [1.54, 1.807) is 6.92 Å². The van der Waals surface area contributed by atoms with Gasteiger partial charge in [0.25, 0.3) is 5.91 Å². The molecule has 2 aliphatic rings. The standard InChI is InChI=1S/C18H23N5O2.ClH/c1-10(17(24)21-13-8-11-6-7-12(9-13)20-11)19-18(25)16-14-4-2-3-5-15(14)22-23-16;/h2-5,10-13,20H,6-9H2,1H3,(H,19,25)(H,21,24)(H,22,23);1H. The molecule has 7 nitrogen and oxygen atoms in total. The Labute approximate surface area is 158 Å². The number of nitrogens with one attached hydrogen (secondary N) is 4. The summed E-state index contributed by atoms with van der Waals surface area (Å²) in [6.45, 7) is 1.71. The molecule has 2 amide bonds. The number of halogens is 1. The van der Waals surface area contributed by atoms with Crippen LogP contribution in [0, 0.1) is 0 Å². The minimum Gasteiger partial charge on any atom is -0.351 e. The minimum absolute atomic E-state index is 0. The highest BCUT2D eigenvalue weighted by molar-refractivity contribution is 6.05. The molecule has 2 aliphatic heterocycles. The predicted molar refractivity (Wildman–Crippen MR) is 101 cm³/mol. The molecule has 1 aromatic heterocycles. The molecule has 4 N–H and O–H groups in total. The van der Waals surface area contributed by atoms with Crippen molar-refractivity contribution in [2.45, 2.75) is 56.8 Å². The third-order valence-electron chi connectivity index (χ3n) is 5.25. The molecule has 0 aliphatic carbocycles. The normalized spacial score (nSPS) is 25.3. The lowest BCUT2D eigenvalue weighted by Crippen LogP contribution is -2.52. The fraction of sp³-hybridized carbons (Fsp3) is 0.500. The Morgan fingerprint density at radius 3 is 2.62 bits per heavy atom. The zero-order valence-electron chi connectivity index (χ0n) is 14.6. The van der Waals surface area contributed by atoms with Crippen molar-refractivity contribution in [1.82, 2.24) is 26.1 Å². The number of aromatic nitrogens is 2. The van der Waals surface area contributed by atoms with Crippen molar-refractivity contribution in [1.29, 1.82) is 0 Å². The van der Waals surface area contributed by atoms with Crippen LogP contribution in [0.4, 0.5) is 0 Å². The lowest BCUT2D eigenvalue weighted by Gasteiger charge is -2.30. The summed E-state index contributed by atoms with van der Waals surface area (Å²) in [7, 11) is 0. The number of H-pyrrole nitrogens is 1. The second-order valence-electron chi connectivity index (χ2n) is 7.13. The Morgan fingerprint density at radius 2 is 1.88 bits per heavy atom. The van der Waals surface area contributed by atoms with Gasteiger partial charge in [0.15, 0.2) is 5.69 Å². The molecular formula is C18H24ClN5O2. The average Bonchev–Trinajstić information content (AvgIpc) is 3.18. The minimum atomic E-state index is -0.601. The van der Waals surface area contributed by atoms with Crippen molar-refractivity contribution in [3.8, 4) is 0 Å². The van der Waals surface area contributed by atoms with Crippen LogP contribution >= 0.6 is 12.4 Å². The number of para-hydroxylation sites is 1. The molecule has 2 aromatic rings. The molecule has 0 saturated carbocycles. The van der Waals surface area contributed by atoms with Crippen LogP contribution in [0.1, 0.15) is 43.1 Å². The number of carbonyl (C=O) groups is 2. The van der Waals surface area contributed by atoms with Gasteiger partial charge in [0.2, 0.25) is 5.91 Å². The van der Waals surface area contributed by atoms with Gasteiger partial charge in [0, 0.05) is 23.5 Å². The molecule has 1 aromatic carbocycles. The third-order valence-corrected chi connectivity index (χ3v) is 5.25. The molecule has 0 radical (unpaired) electrons. The third kappa shape index (κ3) is 3.68. The van der Waals surface area contributed by atoms with Crippen LogP contribution in [-0.2, 0) is 4.79 Å². The summed E-state index contributed by atoms with van der Waals surface area (Å²) in [6, 6.07) is 8.06. The number of nitrogens with zero attached hydrogens (tertiary/aromatic N) is 1. The van der Waals surface area contributed by atoms with Gasteiger partial charge in [-0.3, -0.25) is 14.7 Å². The average molecular weight is 378 g/mol. The van der Waals surface area contributed by atoms with Crippen LogP contribution in [0.25, 0.3) is 10.9 Å². The van der Waals surface area contributed by atoms with E-state index in [1.807, 2.05) is 24.3 Å². The summed E-state index contributed by atoms with van der Waals surface area (Å²) >= 11 is 0. The number of aromatic amines is 1. The maximum absolute atomic E-state index is 12.5. The van der Waals surface area contributed by atoms with Crippen molar-refractivity contribution in [3.05, 3.63) is 30.0 Å². The fourth-order valence-electron chi connectivity index (χ4n) is 3.97. The molecule has 4 rings (SSSR count). The van der Waals surface area contributed by atoms with Gasteiger partial charge in [-0.2, -0.15) is 5.10 Å². The van der Waals surface area contributed by atoms with E-state index in [9.17, 15) is 9.59 Å². The zero-order chi connectivity index (χ0) is 17.4. The highest BCUT2D eigenvalue weighted by atomic mass is 35.5. The molecule has 26 heavy (non-hydrogen) atoms. The van der Waals surface area contributed by atoms with E-state index < -0.39 is 6.04 Å². The summed E-state index contributed by atoms with van der Waals surface area (Å²) in [6.07, 6.45) is 4.31. The van der Waals surface area contributed by atoms with Crippen LogP contribution in [0.3, 0.4) is 0 Å². The second-order valence-corrected chi connectivity index (χ2v) is 7.13. The van der Waals surface area contributed by atoms with Crippen LogP contribution in [0.15, 0.2) is 24.3 Å². The topological polar surface area (TPSA) is 98.9 Å². The van der Waals surface area contributed by atoms with Crippen molar-refractivity contribution in [2.24, 2.45) is 0 Å². The van der Waals surface area contributed by atoms with Gasteiger partial charge in [-0.15, -0.1) is 12.4 Å². The first-order chi connectivity index (χ1) is 12.1. The van der Waals surface area contributed by atoms with E-state index in [2.05, 4.69) is 26.1 Å². The maximum Gasteiger partial charge on any atom is 0.273 e. The van der Waals surface area contributed by atoms with E-state index in [0.717, 1.165) is 23.7 Å². The molecule has 2 bridgehead atoms. The predicted octanol–water partition coefficient (Wildman–Crippen LogP) is 1.50. The number of rotatable bonds is 4. The number of hydrogen-bond acceptors (Lipinski definition) is 4. The van der Waals surface area contributed by atoms with Gasteiger partial charge >= 0.3 is 0 Å². The molecule has 2 saturated heterocycles. The lowest BCUT2D eigenvalue weighted by molar-refractivity contribution is -0.123. The molecule has 3 atom stereocenters. The number of carbonyl (C=O) groups excluding carboxylic acids is 2. The second kappa shape index (κ2) is 7.63. The number of hydrogen-bond donors (Lipinski definition) is 4. The number of fused-ring (bicyclic) bond motifs is 3. The number of amides is 2. The molecule has 2 fully saturated rings. The lowest BCUT2D eigenvalue weighted by atomic mass is 9.99. The zero-order valence-corrected chi connectivity index (χ0v) is 15.4. The fourth-order valence-corrected chi connectivity index (χ4v) is 3.97. The Kier molecular flexibility index (Phi) is 5.48. The van der Waals surface area contributed by atoms with E-state index >= 15 is 0 Å². The molecular weight excluding hydrogens is 354 g/mol. The molecule has 140 valence electrons. The highest BCUT2D eigenvalue weighted by Crippen LogP contribution is 2.26. The van der Waals surface area contributed by atoms with E-state index in [4.69, 9.17) is 0 Å². The largest absolute Gasteiger partial charge is 0.351 e. The van der Waals surface area contributed by atoms with E-state index in [0.29, 0.717) is 17.8 Å². The number of benzene rings is 1. The van der Waals surface area contributed by atoms with Gasteiger partial charge in [-0.25, -0.2) is 0 Å². The highest BCUT2D eigenvalue weighted by Gasteiger charge is 2.34. The van der Waals surface area contributed by atoms with E-state index in [1.165, 1.54) is 12.8 Å². The monoisotopic (exact) mass is 377 g/mol. The summed E-state index contributed by atoms with van der Waals surface area (Å²) in [5.74, 6) is -0.482. The summed E-state index contributed by atoms with van der Waals surface area (Å²) in [5.41, 5.74) is 1.12. The number of piperidine rings is 1. The van der Waals surface area contributed by atoms with Gasteiger partial charge in [-0.05, 0) is 38.7 Å². The Morgan fingerprint density at radius 1 is 1.19 bits per heavy atom. The molecule has 8 heteroatoms. The Bertz CT molecular complexity index is 796. The molecule has 3 unspecified atom stereocenters. The first kappa shape index (κ1) is 18.7. The van der Waals surface area contributed by atoms with Crippen LogP contribution < -0.4 is 16.0 Å². The first-order valence-corrected chi connectivity index (χ1v) is 8.90. The SMILES string of the molecule is CC(NC(=O)c1n[nH]c2ccccc12)C(=O)NC1CC2CCC(C1)N2.Cl. The van der Waals surface area contributed by atoms with Crippen LogP contribution in [-0.4, -0.2) is 46.2 Å². The van der Waals surface area contributed by atoms with Gasteiger partial charge in [0.05, 0.1) is 5.52 Å². The molecule has 0 spiro atoms.